The van der Waals surface area contributed by atoms with E-state index in [-0.39, 0.29) is 16.2 Å². The van der Waals surface area contributed by atoms with Gasteiger partial charge >= 0.3 is 0 Å². The lowest BCUT2D eigenvalue weighted by Gasteiger charge is -2.23. The van der Waals surface area contributed by atoms with E-state index in [4.69, 9.17) is 0 Å². The van der Waals surface area contributed by atoms with Crippen LogP contribution in [0, 0.1) is 0 Å². The van der Waals surface area contributed by atoms with Gasteiger partial charge in [-0.1, -0.05) is 490 Å². The van der Waals surface area contributed by atoms with Crippen LogP contribution in [-0.4, -0.2) is 0 Å². The largest absolute Gasteiger partial charge is 0.0622 e. The fourth-order valence-corrected chi connectivity index (χ4v) is 24.5. The third-order valence-corrected chi connectivity index (χ3v) is 31.4. The van der Waals surface area contributed by atoms with E-state index in [0.717, 1.165) is 0 Å². The average molecular weight is 1790 g/mol. The Kier molecular flexibility index (Phi) is 20.1. The topological polar surface area (TPSA) is 0 Å². The molecule has 0 heteroatoms. The maximum Gasteiger partial charge on any atom is 0.0159 e. The number of hydrogen-bond acceptors (Lipinski definition) is 0. The highest BCUT2D eigenvalue weighted by Crippen LogP contribution is 2.57. The second-order valence-corrected chi connectivity index (χ2v) is 40.3. The van der Waals surface area contributed by atoms with Gasteiger partial charge < -0.3 is 0 Å². The lowest BCUT2D eigenvalue weighted by Crippen LogP contribution is -2.14. The van der Waals surface area contributed by atoms with Crippen LogP contribution in [0.25, 0.3) is 242 Å². The Morgan fingerprint density at radius 3 is 0.745 bits per heavy atom. The molecule has 0 nitrogen and oxygen atoms in total. The predicted octanol–water partition coefficient (Wildman–Crippen LogP) is 39.0. The lowest BCUT2D eigenvalue weighted by molar-refractivity contribution is 0.660. The van der Waals surface area contributed by atoms with Crippen LogP contribution in [-0.2, 0) is 16.2 Å². The number of hydrogen-bond donors (Lipinski definition) is 0. The molecule has 0 atom stereocenters. The molecule has 0 aromatic heterocycles. The summed E-state index contributed by atoms with van der Waals surface area (Å²) in [4.78, 5) is 0. The van der Waals surface area contributed by atoms with Crippen molar-refractivity contribution in [2.75, 3.05) is 0 Å². The minimum Gasteiger partial charge on any atom is -0.0622 e. The van der Waals surface area contributed by atoms with Gasteiger partial charge in [-0.05, 0) is 324 Å². The first-order chi connectivity index (χ1) is 69.2. The highest BCUT2D eigenvalue weighted by molar-refractivity contribution is 6.26. The molecule has 664 valence electrons. The molecular weight excluding hydrogens is 1690 g/mol. The second kappa shape index (κ2) is 33.6. The SMILES string of the molecule is CC1(C)c2ccccc2-c2ccc(-c3c4ccccc4c(-c4ccccc4)c4cc(-c5cc6ccccc6c6ccccc56)ccc34)cc21.CC1(C)c2ccccc2-c2ccc(-c3c4ccccc4c(-c4ccccc4)c4cc(-c5ccc(-c6ccccc6)cc5)ccc34)cc21.CC1(C)c2ccccc2-c2ccc(-c3c4ccccc4c(-c4ccccc4)c4cc(-c5ccc6ccccc6c5)ccc34)cc21. The molecule has 3 aliphatic rings. The summed E-state index contributed by atoms with van der Waals surface area (Å²) in [6.07, 6.45) is 0. The molecule has 0 saturated carbocycles. The smallest absolute Gasteiger partial charge is 0.0159 e. The molecule has 0 heterocycles. The monoisotopic (exact) mass is 1790 g/mol. The molecule has 0 unspecified atom stereocenters. The number of rotatable bonds is 10. The average Bonchev–Trinajstić information content (AvgIpc) is 1.71. The molecule has 0 fully saturated rings. The summed E-state index contributed by atoms with van der Waals surface area (Å²) in [6, 6.07) is 184. The first kappa shape index (κ1) is 84.4. The summed E-state index contributed by atoms with van der Waals surface area (Å²) in [7, 11) is 0. The van der Waals surface area contributed by atoms with Crippen molar-refractivity contribution in [3.63, 3.8) is 0 Å². The fourth-order valence-electron chi connectivity index (χ4n) is 24.5. The van der Waals surface area contributed by atoms with Crippen molar-refractivity contribution in [1.29, 1.82) is 0 Å². The molecule has 3 aliphatic carbocycles. The van der Waals surface area contributed by atoms with Gasteiger partial charge in [-0.25, -0.2) is 0 Å². The van der Waals surface area contributed by atoms with Gasteiger partial charge in [-0.15, -0.1) is 0 Å². The molecule has 0 spiro atoms. The molecule has 0 saturated heterocycles. The van der Waals surface area contributed by atoms with Crippen molar-refractivity contribution < 1.29 is 0 Å². The molecule has 141 heavy (non-hydrogen) atoms. The van der Waals surface area contributed by atoms with E-state index in [2.05, 4.69) is 539 Å². The van der Waals surface area contributed by atoms with Crippen molar-refractivity contribution >= 4 is 97.0 Å². The van der Waals surface area contributed by atoms with E-state index in [1.807, 2.05) is 0 Å². The summed E-state index contributed by atoms with van der Waals surface area (Å²) in [5.41, 5.74) is 41.6. The highest BCUT2D eigenvalue weighted by atomic mass is 14.4. The van der Waals surface area contributed by atoms with Crippen molar-refractivity contribution in [1.82, 2.24) is 0 Å². The maximum atomic E-state index is 2.48. The zero-order valence-corrected chi connectivity index (χ0v) is 79.8. The highest BCUT2D eigenvalue weighted by Gasteiger charge is 2.39. The van der Waals surface area contributed by atoms with Gasteiger partial charge in [-0.3, -0.25) is 0 Å². The molecule has 0 radical (unpaired) electrons. The van der Waals surface area contributed by atoms with Gasteiger partial charge in [0.25, 0.3) is 0 Å². The third-order valence-electron chi connectivity index (χ3n) is 31.4. The van der Waals surface area contributed by atoms with Gasteiger partial charge in [0, 0.05) is 16.2 Å². The van der Waals surface area contributed by atoms with E-state index >= 15 is 0 Å². The maximum absolute atomic E-state index is 2.48. The second-order valence-electron chi connectivity index (χ2n) is 40.3. The van der Waals surface area contributed by atoms with Crippen LogP contribution in [0.1, 0.15) is 74.9 Å². The molecule has 0 aliphatic heterocycles. The van der Waals surface area contributed by atoms with Gasteiger partial charge in [0.05, 0.1) is 0 Å². The van der Waals surface area contributed by atoms with E-state index in [1.54, 1.807) is 0 Å². The van der Waals surface area contributed by atoms with E-state index < -0.39 is 0 Å². The first-order valence-corrected chi connectivity index (χ1v) is 49.7. The quantitative estimate of drug-likeness (QED) is 0.0946. The first-order valence-electron chi connectivity index (χ1n) is 49.7. The van der Waals surface area contributed by atoms with Crippen molar-refractivity contribution in [3.05, 3.63) is 531 Å². The predicted molar refractivity (Wildman–Crippen MR) is 604 cm³/mol. The molecule has 0 bridgehead atoms. The van der Waals surface area contributed by atoms with Crippen molar-refractivity contribution in [2.45, 2.75) is 57.8 Å². The van der Waals surface area contributed by atoms with Gasteiger partial charge in [0.2, 0.25) is 0 Å². The van der Waals surface area contributed by atoms with Crippen LogP contribution in [0.15, 0.2) is 497 Å². The van der Waals surface area contributed by atoms with Gasteiger partial charge in [0.15, 0.2) is 0 Å². The Morgan fingerprint density at radius 1 is 0.106 bits per heavy atom. The van der Waals surface area contributed by atoms with Crippen LogP contribution in [0.4, 0.5) is 0 Å². The van der Waals surface area contributed by atoms with Crippen LogP contribution in [0.3, 0.4) is 0 Å². The summed E-state index contributed by atoms with van der Waals surface area (Å²) >= 11 is 0. The molecule has 25 aromatic carbocycles. The Balaban J connectivity index is 0.000000109. The summed E-state index contributed by atoms with van der Waals surface area (Å²) in [5.74, 6) is 0. The lowest BCUT2D eigenvalue weighted by atomic mass is 9.80. The molecule has 25 aromatic rings. The standard InChI is InChI=1S/C49H34.C47H34.C45H32/c1-49(2)45-23-13-12-20-38(45)39-26-25-34(30-46(39)49)48-41-22-11-10-21-40(41)47(31-14-4-3-5-15-31)44-29-33(24-27-42(44)48)43-28-32-16-6-7-17-35(32)36-18-8-9-19-37(36)43;1-47(2)43-20-12-11-17-37(43)38-27-26-36(30-44(38)47)46-40-19-10-9-18-39(40)45(34-15-7-4-8-16-34)42-29-35(25-28-41(42)46)33-23-21-32(22-24-33)31-13-5-3-6-14-31;1-45(2)41-19-11-10-16-35(41)36-24-23-34(28-42(36)45)44-38-18-9-8-17-37(38)43(30-13-4-3-5-14-30)40-27-33(22-25-39(40)44)32-21-20-29-12-6-7-15-31(29)26-32/h3-30H,1-2H3;3-30H,1-2H3;3-28H,1-2H3. The summed E-state index contributed by atoms with van der Waals surface area (Å²) < 4.78 is 0. The van der Waals surface area contributed by atoms with E-state index in [0.29, 0.717) is 0 Å². The minimum absolute atomic E-state index is 0.0548. The van der Waals surface area contributed by atoms with Crippen molar-refractivity contribution in [3.8, 4) is 145 Å². The summed E-state index contributed by atoms with van der Waals surface area (Å²) in [6.45, 7) is 14.2. The van der Waals surface area contributed by atoms with Crippen LogP contribution in [0.2, 0.25) is 0 Å². The molecule has 28 rings (SSSR count). The van der Waals surface area contributed by atoms with Crippen molar-refractivity contribution in [2.24, 2.45) is 0 Å². The molecular formula is C141H100. The van der Waals surface area contributed by atoms with Gasteiger partial charge in [-0.2, -0.15) is 0 Å². The Bertz CT molecular complexity index is 9400. The zero-order valence-electron chi connectivity index (χ0n) is 79.8. The summed E-state index contributed by atoms with van der Waals surface area (Å²) in [5, 5.41) is 23.0. The van der Waals surface area contributed by atoms with Crippen LogP contribution >= 0.6 is 0 Å². The van der Waals surface area contributed by atoms with E-state index in [1.165, 1.54) is 275 Å². The molecule has 0 N–H and O–H groups in total. The van der Waals surface area contributed by atoms with Crippen LogP contribution < -0.4 is 0 Å². The van der Waals surface area contributed by atoms with E-state index in [9.17, 15) is 0 Å². The zero-order chi connectivity index (χ0) is 94.4. The van der Waals surface area contributed by atoms with Crippen LogP contribution in [0.5, 0.6) is 0 Å². The Hall–Kier alpha value is -17.2. The minimum atomic E-state index is -0.0676. The van der Waals surface area contributed by atoms with Gasteiger partial charge in [0.1, 0.15) is 0 Å². The fraction of sp³-hybridized carbons (Fsp3) is 0.0638. The Labute approximate surface area is 824 Å². The number of benzene rings is 25. The molecule has 0 amide bonds. The third kappa shape index (κ3) is 13.9. The number of fused-ring (bicyclic) bond motifs is 19. The Morgan fingerprint density at radius 2 is 0.348 bits per heavy atom. The normalized spacial score (nSPS) is 13.2.